The third-order valence-electron chi connectivity index (χ3n) is 4.48. The third kappa shape index (κ3) is 4.41. The molecule has 0 radical (unpaired) electrons. The van der Waals surface area contributed by atoms with Crippen LogP contribution in [-0.4, -0.2) is 33.9 Å². The molecule has 1 heterocycles. The molecule has 2 amide bonds. The maximum atomic E-state index is 12.8. The highest BCUT2D eigenvalue weighted by Crippen LogP contribution is 2.34. The highest BCUT2D eigenvalue weighted by molar-refractivity contribution is 7.89. The second kappa shape index (κ2) is 8.62. The molecule has 0 bridgehead atoms. The number of nitrogens with zero attached hydrogens (tertiary/aromatic N) is 1. The van der Waals surface area contributed by atoms with Gasteiger partial charge in [-0.05, 0) is 31.2 Å². The van der Waals surface area contributed by atoms with Crippen molar-refractivity contribution in [1.82, 2.24) is 4.72 Å². The Morgan fingerprint density at radius 1 is 1.03 bits per heavy atom. The Morgan fingerprint density at radius 2 is 1.72 bits per heavy atom. The van der Waals surface area contributed by atoms with E-state index in [-0.39, 0.29) is 47.5 Å². The van der Waals surface area contributed by atoms with Gasteiger partial charge in [0.05, 0.1) is 24.3 Å². The fraction of sp³-hybridized carbons (Fsp3) is 0.300. The molecule has 0 atom stereocenters. The first-order valence-corrected chi connectivity index (χ1v) is 10.6. The van der Waals surface area contributed by atoms with Crippen LogP contribution in [0.2, 0.25) is 0 Å². The van der Waals surface area contributed by atoms with Crippen LogP contribution in [0.25, 0.3) is 0 Å². The van der Waals surface area contributed by atoms with E-state index in [1.54, 1.807) is 18.2 Å². The molecule has 8 nitrogen and oxygen atoms in total. The number of rotatable bonds is 8. The molecule has 1 saturated heterocycles. The van der Waals surface area contributed by atoms with Gasteiger partial charge in [0, 0.05) is 24.9 Å². The smallest absolute Gasteiger partial charge is 0.240 e. The average molecular weight is 418 g/mol. The van der Waals surface area contributed by atoms with Gasteiger partial charge in [-0.15, -0.1) is 0 Å². The SMILES string of the molecule is CCOc1ccccc1CNS(=O)(=O)c1ccc(OC)c(N2C(=O)CCC2=O)c1. The summed E-state index contributed by atoms with van der Waals surface area (Å²) < 4.78 is 38.9. The first-order chi connectivity index (χ1) is 13.9. The van der Waals surface area contributed by atoms with Gasteiger partial charge >= 0.3 is 0 Å². The van der Waals surface area contributed by atoms with E-state index >= 15 is 0 Å². The van der Waals surface area contributed by atoms with Crippen LogP contribution < -0.4 is 19.1 Å². The van der Waals surface area contributed by atoms with Crippen LogP contribution in [0, 0.1) is 0 Å². The van der Waals surface area contributed by atoms with E-state index in [0.717, 1.165) is 4.90 Å². The zero-order chi connectivity index (χ0) is 21.0. The maximum absolute atomic E-state index is 12.8. The molecule has 9 heteroatoms. The number of carbonyl (C=O) groups excluding carboxylic acids is 2. The van der Waals surface area contributed by atoms with E-state index in [4.69, 9.17) is 9.47 Å². The minimum Gasteiger partial charge on any atom is -0.495 e. The highest BCUT2D eigenvalue weighted by Gasteiger charge is 2.33. The minimum atomic E-state index is -3.91. The summed E-state index contributed by atoms with van der Waals surface area (Å²) in [5.41, 5.74) is 0.814. The molecule has 0 unspecified atom stereocenters. The number of carbonyl (C=O) groups is 2. The third-order valence-corrected chi connectivity index (χ3v) is 5.88. The number of sulfonamides is 1. The normalized spacial score (nSPS) is 14.3. The molecule has 154 valence electrons. The van der Waals surface area contributed by atoms with Gasteiger partial charge in [-0.1, -0.05) is 18.2 Å². The lowest BCUT2D eigenvalue weighted by atomic mass is 10.2. The van der Waals surface area contributed by atoms with Crippen molar-refractivity contribution in [3.05, 3.63) is 48.0 Å². The molecular weight excluding hydrogens is 396 g/mol. The van der Waals surface area contributed by atoms with Gasteiger partial charge in [0.25, 0.3) is 0 Å². The number of anilines is 1. The second-order valence-electron chi connectivity index (χ2n) is 6.32. The van der Waals surface area contributed by atoms with Crippen LogP contribution in [0.3, 0.4) is 0 Å². The molecule has 2 aromatic rings. The summed E-state index contributed by atoms with van der Waals surface area (Å²) in [6.45, 7) is 2.34. The zero-order valence-electron chi connectivity index (χ0n) is 16.2. The number of hydrogen-bond donors (Lipinski definition) is 1. The molecule has 0 spiro atoms. The van der Waals surface area contributed by atoms with Crippen molar-refractivity contribution >= 4 is 27.5 Å². The van der Waals surface area contributed by atoms with E-state index in [1.165, 1.54) is 25.3 Å². The molecule has 3 rings (SSSR count). The van der Waals surface area contributed by atoms with Gasteiger partial charge in [0.1, 0.15) is 11.5 Å². The average Bonchev–Trinajstić information content (AvgIpc) is 3.05. The Bertz CT molecular complexity index is 1020. The summed E-state index contributed by atoms with van der Waals surface area (Å²) in [6.07, 6.45) is 0.177. The number of ether oxygens (including phenoxy) is 2. The van der Waals surface area contributed by atoms with Crippen LogP contribution in [-0.2, 0) is 26.2 Å². The standard InChI is InChI=1S/C20H22N2O6S/c1-3-28-17-7-5-4-6-14(17)13-21-29(25,26)15-8-9-18(27-2)16(12-15)22-19(23)10-11-20(22)24/h4-9,12,21H,3,10-11,13H2,1-2H3. The lowest BCUT2D eigenvalue weighted by molar-refractivity contribution is -0.121. The number of imide groups is 1. The summed E-state index contributed by atoms with van der Waals surface area (Å²) in [5, 5.41) is 0. The predicted molar refractivity (Wildman–Crippen MR) is 106 cm³/mol. The van der Waals surface area contributed by atoms with Gasteiger partial charge < -0.3 is 9.47 Å². The van der Waals surface area contributed by atoms with Crippen molar-refractivity contribution in [2.45, 2.75) is 31.2 Å². The fourth-order valence-corrected chi connectivity index (χ4v) is 4.09. The van der Waals surface area contributed by atoms with Gasteiger partial charge in [-0.3, -0.25) is 9.59 Å². The zero-order valence-corrected chi connectivity index (χ0v) is 17.0. The Hall–Kier alpha value is -2.91. The number of hydrogen-bond acceptors (Lipinski definition) is 6. The molecule has 1 fully saturated rings. The van der Waals surface area contributed by atoms with Gasteiger partial charge in [-0.2, -0.15) is 0 Å². The number of para-hydroxylation sites is 1. The van der Waals surface area contributed by atoms with Gasteiger partial charge in [0.15, 0.2) is 0 Å². The summed E-state index contributed by atoms with van der Waals surface area (Å²) in [7, 11) is -2.52. The summed E-state index contributed by atoms with van der Waals surface area (Å²) in [6, 6.07) is 11.2. The number of nitrogens with one attached hydrogen (secondary N) is 1. The number of methoxy groups -OCH3 is 1. The van der Waals surface area contributed by atoms with E-state index in [2.05, 4.69) is 4.72 Å². The van der Waals surface area contributed by atoms with Crippen LogP contribution in [0.4, 0.5) is 5.69 Å². The molecule has 1 aliphatic heterocycles. The van der Waals surface area contributed by atoms with Crippen LogP contribution in [0.1, 0.15) is 25.3 Å². The lowest BCUT2D eigenvalue weighted by Crippen LogP contribution is -2.30. The van der Waals surface area contributed by atoms with E-state index in [0.29, 0.717) is 17.9 Å². The van der Waals surface area contributed by atoms with Gasteiger partial charge in [-0.25, -0.2) is 18.0 Å². The Morgan fingerprint density at radius 3 is 2.38 bits per heavy atom. The molecule has 29 heavy (non-hydrogen) atoms. The maximum Gasteiger partial charge on any atom is 0.240 e. The summed E-state index contributed by atoms with van der Waals surface area (Å²) in [4.78, 5) is 25.1. The van der Waals surface area contributed by atoms with E-state index in [1.807, 2.05) is 13.0 Å². The number of amides is 2. The van der Waals surface area contributed by atoms with Crippen molar-refractivity contribution in [2.24, 2.45) is 0 Å². The van der Waals surface area contributed by atoms with Crippen LogP contribution >= 0.6 is 0 Å². The lowest BCUT2D eigenvalue weighted by Gasteiger charge is -2.18. The summed E-state index contributed by atoms with van der Waals surface area (Å²) >= 11 is 0. The molecule has 0 aromatic heterocycles. The van der Waals surface area contributed by atoms with Crippen molar-refractivity contribution in [3.8, 4) is 11.5 Å². The molecule has 2 aromatic carbocycles. The quantitative estimate of drug-likeness (QED) is 0.660. The molecule has 1 N–H and O–H groups in total. The molecule has 0 aliphatic carbocycles. The first kappa shape index (κ1) is 20.8. The predicted octanol–water partition coefficient (Wildman–Crippen LogP) is 2.23. The fourth-order valence-electron chi connectivity index (χ4n) is 3.06. The van der Waals surface area contributed by atoms with Gasteiger partial charge in [0.2, 0.25) is 21.8 Å². The van der Waals surface area contributed by atoms with Crippen LogP contribution in [0.5, 0.6) is 11.5 Å². The Labute approximate surface area is 169 Å². The van der Waals surface area contributed by atoms with Crippen molar-refractivity contribution in [3.63, 3.8) is 0 Å². The molecular formula is C20H22N2O6S. The van der Waals surface area contributed by atoms with Crippen molar-refractivity contribution in [1.29, 1.82) is 0 Å². The Kier molecular flexibility index (Phi) is 6.19. The van der Waals surface area contributed by atoms with Crippen LogP contribution in [0.15, 0.2) is 47.4 Å². The molecule has 0 saturated carbocycles. The van der Waals surface area contributed by atoms with E-state index < -0.39 is 10.0 Å². The minimum absolute atomic E-state index is 0.0292. The Balaban J connectivity index is 1.89. The van der Waals surface area contributed by atoms with E-state index in [9.17, 15) is 18.0 Å². The summed E-state index contributed by atoms with van der Waals surface area (Å²) in [5.74, 6) is 0.0681. The molecule has 1 aliphatic rings. The van der Waals surface area contributed by atoms with Crippen molar-refractivity contribution < 1.29 is 27.5 Å². The second-order valence-corrected chi connectivity index (χ2v) is 8.09. The monoisotopic (exact) mass is 418 g/mol. The topological polar surface area (TPSA) is 102 Å². The largest absolute Gasteiger partial charge is 0.495 e. The highest BCUT2D eigenvalue weighted by atomic mass is 32.2. The first-order valence-electron chi connectivity index (χ1n) is 9.11. The van der Waals surface area contributed by atoms with Crippen molar-refractivity contribution in [2.75, 3.05) is 18.6 Å². The number of benzene rings is 2.